The lowest BCUT2D eigenvalue weighted by Gasteiger charge is -2.14. The van der Waals surface area contributed by atoms with Gasteiger partial charge < -0.3 is 9.84 Å². The van der Waals surface area contributed by atoms with Crippen LogP contribution in [0.1, 0.15) is 13.2 Å². The van der Waals surface area contributed by atoms with E-state index in [2.05, 4.69) is 0 Å². The monoisotopic (exact) mass is 230 g/mol. The average Bonchev–Trinajstić information content (AvgIpc) is 2.46. The van der Waals surface area contributed by atoms with Gasteiger partial charge in [-0.1, -0.05) is 0 Å². The summed E-state index contributed by atoms with van der Waals surface area (Å²) in [6.45, 7) is 1.51. The van der Waals surface area contributed by atoms with Gasteiger partial charge in [0.15, 0.2) is 12.4 Å². The average molecular weight is 230 g/mol. The van der Waals surface area contributed by atoms with Crippen LogP contribution in [0.5, 0.6) is 0 Å². The fourth-order valence-electron chi connectivity index (χ4n) is 1.65. The van der Waals surface area contributed by atoms with Crippen molar-refractivity contribution >= 4 is 0 Å². The Labute approximate surface area is 89.3 Å². The van der Waals surface area contributed by atoms with E-state index in [-0.39, 0.29) is 0 Å². The highest BCUT2D eigenvalue weighted by Crippen LogP contribution is 2.30. The first kappa shape index (κ1) is 11.0. The number of aromatic nitrogens is 2. The van der Waals surface area contributed by atoms with E-state index in [1.54, 1.807) is 0 Å². The molecule has 1 saturated heterocycles. The first-order valence-corrected chi connectivity index (χ1v) is 4.80. The normalized spacial score (nSPS) is 34.2. The van der Waals surface area contributed by atoms with Crippen LogP contribution in [0.4, 0.5) is 4.39 Å². The van der Waals surface area contributed by atoms with Crippen molar-refractivity contribution in [2.75, 3.05) is 0 Å². The Kier molecular flexibility index (Phi) is 2.64. The Morgan fingerprint density at radius 2 is 2.25 bits per heavy atom. The van der Waals surface area contributed by atoms with Crippen LogP contribution in [-0.2, 0) is 4.74 Å². The zero-order chi connectivity index (χ0) is 11.9. The maximum atomic E-state index is 13.6. The lowest BCUT2D eigenvalue weighted by atomic mass is 10.2. The number of hydrogen-bond acceptors (Lipinski definition) is 4. The van der Waals surface area contributed by atoms with E-state index in [4.69, 9.17) is 4.74 Å². The molecule has 16 heavy (non-hydrogen) atoms. The Morgan fingerprint density at radius 3 is 2.75 bits per heavy atom. The maximum absolute atomic E-state index is 13.6. The molecule has 2 heterocycles. The largest absolute Gasteiger partial charge is 0.387 e. The Morgan fingerprint density at radius 1 is 1.56 bits per heavy atom. The molecule has 2 N–H and O–H groups in total. The van der Waals surface area contributed by atoms with Crippen molar-refractivity contribution in [1.29, 1.82) is 0 Å². The van der Waals surface area contributed by atoms with Crippen LogP contribution in [0, 0.1) is 0 Å². The molecule has 0 saturated carbocycles. The summed E-state index contributed by atoms with van der Waals surface area (Å²) < 4.78 is 19.6. The zero-order valence-corrected chi connectivity index (χ0v) is 8.46. The van der Waals surface area contributed by atoms with Crippen LogP contribution < -0.4 is 11.2 Å². The van der Waals surface area contributed by atoms with E-state index in [0.717, 1.165) is 16.8 Å². The minimum absolute atomic E-state index is 0.566. The van der Waals surface area contributed by atoms with E-state index in [0.29, 0.717) is 0 Å². The molecule has 0 aromatic carbocycles. The van der Waals surface area contributed by atoms with Gasteiger partial charge in [0.1, 0.15) is 6.10 Å². The van der Waals surface area contributed by atoms with E-state index < -0.39 is 35.9 Å². The Bertz CT molecular complexity index is 497. The number of hydrogen-bond donors (Lipinski definition) is 2. The van der Waals surface area contributed by atoms with Crippen LogP contribution in [0.25, 0.3) is 0 Å². The number of rotatable bonds is 1. The van der Waals surface area contributed by atoms with Crippen molar-refractivity contribution in [3.05, 3.63) is 33.1 Å². The van der Waals surface area contributed by atoms with Gasteiger partial charge in [0.25, 0.3) is 5.56 Å². The molecule has 0 amide bonds. The number of alkyl halides is 1. The summed E-state index contributed by atoms with van der Waals surface area (Å²) in [5.41, 5.74) is -1.33. The number of H-pyrrole nitrogens is 1. The van der Waals surface area contributed by atoms with Gasteiger partial charge >= 0.3 is 5.69 Å². The van der Waals surface area contributed by atoms with Gasteiger partial charge in [-0.05, 0) is 6.92 Å². The highest BCUT2D eigenvalue weighted by Gasteiger charge is 2.43. The first-order valence-electron chi connectivity index (χ1n) is 4.80. The summed E-state index contributed by atoms with van der Waals surface area (Å²) >= 11 is 0. The topological polar surface area (TPSA) is 84.3 Å². The Balaban J connectivity index is 2.39. The van der Waals surface area contributed by atoms with Crippen LogP contribution in [0.15, 0.2) is 21.9 Å². The molecule has 0 bridgehead atoms. The summed E-state index contributed by atoms with van der Waals surface area (Å²) in [5, 5.41) is 9.36. The standard InChI is InChI=1S/C9H11FN2O4/c1-4-7(14)6(10)8(16-4)12-3-2-5(13)11-9(12)15/h2-4,6-8,14H,1H3,(H,11,13,15)/t4-,6?,7?,8-/m1/s1. The highest BCUT2D eigenvalue weighted by atomic mass is 19.1. The van der Waals surface area contributed by atoms with Crippen molar-refractivity contribution in [3.8, 4) is 0 Å². The van der Waals surface area contributed by atoms with Gasteiger partial charge in [-0.3, -0.25) is 14.3 Å². The molecule has 1 aromatic rings. The molecule has 1 aromatic heterocycles. The molecule has 88 valence electrons. The fraction of sp³-hybridized carbons (Fsp3) is 0.556. The molecule has 4 atom stereocenters. The van der Waals surface area contributed by atoms with Crippen molar-refractivity contribution in [1.82, 2.24) is 9.55 Å². The van der Waals surface area contributed by atoms with Crippen LogP contribution in [-0.4, -0.2) is 33.0 Å². The van der Waals surface area contributed by atoms with Crippen LogP contribution >= 0.6 is 0 Å². The second kappa shape index (κ2) is 3.84. The molecule has 2 unspecified atom stereocenters. The first-order chi connectivity index (χ1) is 7.50. The predicted octanol–water partition coefficient (Wildman–Crippen LogP) is -0.847. The molecule has 1 aliphatic rings. The quantitative estimate of drug-likeness (QED) is 0.658. The molecule has 0 aliphatic carbocycles. The highest BCUT2D eigenvalue weighted by molar-refractivity contribution is 4.92. The van der Waals surface area contributed by atoms with Crippen molar-refractivity contribution in [2.24, 2.45) is 0 Å². The van der Waals surface area contributed by atoms with E-state index >= 15 is 0 Å². The predicted molar refractivity (Wildman–Crippen MR) is 51.8 cm³/mol. The van der Waals surface area contributed by atoms with Gasteiger partial charge in [0, 0.05) is 12.3 Å². The number of ether oxygens (including phenoxy) is 1. The molecular weight excluding hydrogens is 219 g/mol. The maximum Gasteiger partial charge on any atom is 0.330 e. The third kappa shape index (κ3) is 1.68. The summed E-state index contributed by atoms with van der Waals surface area (Å²) in [6, 6.07) is 1.09. The summed E-state index contributed by atoms with van der Waals surface area (Å²) in [5.74, 6) is 0. The Hall–Kier alpha value is -1.47. The molecule has 2 rings (SSSR count). The second-order valence-electron chi connectivity index (χ2n) is 3.68. The summed E-state index contributed by atoms with van der Waals surface area (Å²) in [6.07, 6.45) is -3.72. The second-order valence-corrected chi connectivity index (χ2v) is 3.68. The van der Waals surface area contributed by atoms with Gasteiger partial charge in [-0.25, -0.2) is 9.18 Å². The minimum atomic E-state index is -1.70. The van der Waals surface area contributed by atoms with Crippen LogP contribution in [0.3, 0.4) is 0 Å². The van der Waals surface area contributed by atoms with E-state index in [1.165, 1.54) is 6.92 Å². The zero-order valence-electron chi connectivity index (χ0n) is 8.46. The molecular formula is C9H11FN2O4. The molecule has 1 aliphatic heterocycles. The van der Waals surface area contributed by atoms with Gasteiger partial charge in [0.05, 0.1) is 6.10 Å². The number of aromatic amines is 1. The number of aliphatic hydroxyl groups excluding tert-OH is 1. The van der Waals surface area contributed by atoms with Gasteiger partial charge in [0.2, 0.25) is 0 Å². The SMILES string of the molecule is C[C@H]1O[C@@H](n2ccc(=O)[nH]c2=O)C(F)C1O. The van der Waals surface area contributed by atoms with Crippen molar-refractivity contribution < 1.29 is 14.2 Å². The molecule has 6 nitrogen and oxygen atoms in total. The van der Waals surface area contributed by atoms with Crippen LogP contribution in [0.2, 0.25) is 0 Å². The van der Waals surface area contributed by atoms with E-state index in [9.17, 15) is 19.1 Å². The number of halogens is 1. The summed E-state index contributed by atoms with van der Waals surface area (Å²) in [7, 11) is 0. The lowest BCUT2D eigenvalue weighted by molar-refractivity contribution is -0.0185. The number of aliphatic hydroxyl groups is 1. The van der Waals surface area contributed by atoms with Crippen molar-refractivity contribution in [2.45, 2.75) is 31.5 Å². The van der Waals surface area contributed by atoms with Crippen molar-refractivity contribution in [3.63, 3.8) is 0 Å². The smallest absolute Gasteiger partial charge is 0.330 e. The van der Waals surface area contributed by atoms with Gasteiger partial charge in [-0.15, -0.1) is 0 Å². The molecule has 0 spiro atoms. The molecule has 1 fully saturated rings. The number of nitrogens with one attached hydrogen (secondary N) is 1. The van der Waals surface area contributed by atoms with Gasteiger partial charge in [-0.2, -0.15) is 0 Å². The third-order valence-electron chi connectivity index (χ3n) is 2.56. The molecule has 7 heteroatoms. The third-order valence-corrected chi connectivity index (χ3v) is 2.56. The minimum Gasteiger partial charge on any atom is -0.387 e. The van der Waals surface area contributed by atoms with E-state index in [1.807, 2.05) is 4.98 Å². The molecule has 0 radical (unpaired) electrons. The fourth-order valence-corrected chi connectivity index (χ4v) is 1.65. The lowest BCUT2D eigenvalue weighted by Crippen LogP contribution is -2.35. The summed E-state index contributed by atoms with van der Waals surface area (Å²) in [4.78, 5) is 24.2. The number of nitrogens with zero attached hydrogens (tertiary/aromatic N) is 1.